The van der Waals surface area contributed by atoms with Crippen LogP contribution < -0.4 is 0 Å². The van der Waals surface area contributed by atoms with Gasteiger partial charge in [0, 0.05) is 0 Å². The van der Waals surface area contributed by atoms with Crippen molar-refractivity contribution in [2.24, 2.45) is 5.92 Å². The summed E-state index contributed by atoms with van der Waals surface area (Å²) in [6, 6.07) is 4.72. The standard InChI is InChI=1S/C18H26Si/c1-13-9-17(10-14(2)15(13)3)11-16-7-8-18(12-16)19(4,5)6/h7-10,12,16H,11H2,1-6H3. The molecule has 1 unspecified atom stereocenters. The first-order valence-corrected chi connectivity index (χ1v) is 10.7. The summed E-state index contributed by atoms with van der Waals surface area (Å²) in [5, 5.41) is 1.61. The normalized spacial score (nSPS) is 18.8. The predicted molar refractivity (Wildman–Crippen MR) is 88.4 cm³/mol. The first-order chi connectivity index (χ1) is 8.77. The molecule has 1 aromatic rings. The van der Waals surface area contributed by atoms with Crippen LogP contribution in [0.2, 0.25) is 19.6 Å². The molecule has 0 nitrogen and oxygen atoms in total. The zero-order valence-electron chi connectivity index (χ0n) is 13.2. The Morgan fingerprint density at radius 1 is 1.00 bits per heavy atom. The highest BCUT2D eigenvalue weighted by Crippen LogP contribution is 2.27. The quantitative estimate of drug-likeness (QED) is 0.667. The fourth-order valence-corrected chi connectivity index (χ4v) is 4.02. The summed E-state index contributed by atoms with van der Waals surface area (Å²) in [6.07, 6.45) is 8.39. The van der Waals surface area contributed by atoms with Gasteiger partial charge in [0.2, 0.25) is 0 Å². The highest BCUT2D eigenvalue weighted by atomic mass is 28.3. The number of aryl methyl sites for hydroxylation is 2. The van der Waals surface area contributed by atoms with E-state index in [0.29, 0.717) is 5.92 Å². The van der Waals surface area contributed by atoms with Crippen LogP contribution in [-0.2, 0) is 6.42 Å². The van der Waals surface area contributed by atoms with Gasteiger partial charge < -0.3 is 0 Å². The first-order valence-electron chi connectivity index (χ1n) is 7.24. The van der Waals surface area contributed by atoms with E-state index in [1.165, 1.54) is 22.3 Å². The maximum absolute atomic E-state index is 2.50. The lowest BCUT2D eigenvalue weighted by Gasteiger charge is -2.16. The molecule has 1 atom stereocenters. The molecule has 0 amide bonds. The fourth-order valence-electron chi connectivity index (χ4n) is 2.71. The van der Waals surface area contributed by atoms with E-state index < -0.39 is 8.07 Å². The maximum Gasteiger partial charge on any atom is 0.0771 e. The van der Waals surface area contributed by atoms with Crippen molar-refractivity contribution in [1.82, 2.24) is 0 Å². The molecule has 19 heavy (non-hydrogen) atoms. The summed E-state index contributed by atoms with van der Waals surface area (Å²) in [7, 11) is -1.14. The Kier molecular flexibility index (Phi) is 3.87. The SMILES string of the molecule is Cc1cc(CC2C=CC([Si](C)(C)C)=C2)cc(C)c1C. The molecule has 0 N–H and O–H groups in total. The van der Waals surface area contributed by atoms with Gasteiger partial charge in [0.05, 0.1) is 8.07 Å². The molecular weight excluding hydrogens is 244 g/mol. The molecule has 0 bridgehead atoms. The van der Waals surface area contributed by atoms with E-state index in [2.05, 4.69) is 70.8 Å². The Labute approximate surface area is 119 Å². The number of allylic oxidation sites excluding steroid dienone is 4. The van der Waals surface area contributed by atoms with Crippen LogP contribution in [0.1, 0.15) is 22.3 Å². The molecule has 0 fully saturated rings. The van der Waals surface area contributed by atoms with Crippen molar-refractivity contribution in [2.45, 2.75) is 46.8 Å². The average Bonchev–Trinajstić information content (AvgIpc) is 2.74. The zero-order valence-corrected chi connectivity index (χ0v) is 14.2. The van der Waals surface area contributed by atoms with Gasteiger partial charge in [-0.3, -0.25) is 0 Å². The van der Waals surface area contributed by atoms with Gasteiger partial charge >= 0.3 is 0 Å². The van der Waals surface area contributed by atoms with Crippen LogP contribution in [-0.4, -0.2) is 8.07 Å². The third kappa shape index (κ3) is 3.27. The zero-order chi connectivity index (χ0) is 14.2. The molecule has 1 aliphatic carbocycles. The molecule has 2 rings (SSSR count). The van der Waals surface area contributed by atoms with Crippen molar-refractivity contribution in [1.29, 1.82) is 0 Å². The molecule has 0 radical (unpaired) electrons. The monoisotopic (exact) mass is 270 g/mol. The summed E-state index contributed by atoms with van der Waals surface area (Å²) in [5.74, 6) is 0.600. The summed E-state index contributed by atoms with van der Waals surface area (Å²) in [4.78, 5) is 0. The van der Waals surface area contributed by atoms with Crippen molar-refractivity contribution >= 4 is 8.07 Å². The second-order valence-electron chi connectivity index (χ2n) is 6.95. The second kappa shape index (κ2) is 5.13. The van der Waals surface area contributed by atoms with E-state index in [1.807, 2.05) is 0 Å². The second-order valence-corrected chi connectivity index (χ2v) is 12.0. The Balaban J connectivity index is 2.16. The molecule has 1 aliphatic rings. The van der Waals surface area contributed by atoms with Gasteiger partial charge in [-0.25, -0.2) is 0 Å². The van der Waals surface area contributed by atoms with Gasteiger partial charge in [-0.2, -0.15) is 0 Å². The van der Waals surface area contributed by atoms with Crippen LogP contribution in [0.3, 0.4) is 0 Å². The molecule has 0 aliphatic heterocycles. The van der Waals surface area contributed by atoms with E-state index in [1.54, 1.807) is 5.20 Å². The van der Waals surface area contributed by atoms with Crippen LogP contribution in [0.15, 0.2) is 35.6 Å². The van der Waals surface area contributed by atoms with Crippen LogP contribution in [0, 0.1) is 26.7 Å². The van der Waals surface area contributed by atoms with E-state index >= 15 is 0 Å². The van der Waals surface area contributed by atoms with Gasteiger partial charge in [0.1, 0.15) is 0 Å². The minimum Gasteiger partial charge on any atom is -0.0780 e. The first kappa shape index (κ1) is 14.3. The summed E-state index contributed by atoms with van der Waals surface area (Å²) < 4.78 is 0. The maximum atomic E-state index is 2.50. The predicted octanol–water partition coefficient (Wildman–Crippen LogP) is 5.14. The van der Waals surface area contributed by atoms with E-state index in [-0.39, 0.29) is 0 Å². The highest BCUT2D eigenvalue weighted by molar-refractivity contribution is 6.83. The molecule has 0 saturated carbocycles. The molecule has 102 valence electrons. The van der Waals surface area contributed by atoms with Crippen LogP contribution in [0.5, 0.6) is 0 Å². The summed E-state index contributed by atoms with van der Waals surface area (Å²) in [6.45, 7) is 13.9. The van der Waals surface area contributed by atoms with Crippen molar-refractivity contribution < 1.29 is 0 Å². The highest BCUT2D eigenvalue weighted by Gasteiger charge is 2.22. The Hall–Kier alpha value is -1.08. The minimum absolute atomic E-state index is 0.600. The van der Waals surface area contributed by atoms with E-state index in [4.69, 9.17) is 0 Å². The Morgan fingerprint density at radius 3 is 2.05 bits per heavy atom. The van der Waals surface area contributed by atoms with Gasteiger partial charge in [0.15, 0.2) is 0 Å². The summed E-state index contributed by atoms with van der Waals surface area (Å²) >= 11 is 0. The third-order valence-corrected chi connectivity index (χ3v) is 6.31. The minimum atomic E-state index is -1.14. The van der Waals surface area contributed by atoms with Crippen molar-refractivity contribution in [3.05, 3.63) is 57.8 Å². The smallest absolute Gasteiger partial charge is 0.0771 e. The molecule has 0 aromatic heterocycles. The molecule has 0 spiro atoms. The number of rotatable bonds is 3. The van der Waals surface area contributed by atoms with Crippen molar-refractivity contribution in [3.63, 3.8) is 0 Å². The molecular formula is C18H26Si. The van der Waals surface area contributed by atoms with Crippen LogP contribution >= 0.6 is 0 Å². The Morgan fingerprint density at radius 2 is 1.58 bits per heavy atom. The lowest BCUT2D eigenvalue weighted by molar-refractivity contribution is 0.813. The van der Waals surface area contributed by atoms with Crippen LogP contribution in [0.4, 0.5) is 0 Å². The van der Waals surface area contributed by atoms with Crippen LogP contribution in [0.25, 0.3) is 0 Å². The van der Waals surface area contributed by atoms with Gasteiger partial charge in [-0.15, -0.1) is 0 Å². The fraction of sp³-hybridized carbons (Fsp3) is 0.444. The molecule has 0 saturated heterocycles. The Bertz CT molecular complexity index is 518. The summed E-state index contributed by atoms with van der Waals surface area (Å²) in [5.41, 5.74) is 5.75. The van der Waals surface area contributed by atoms with E-state index in [0.717, 1.165) is 6.42 Å². The number of benzene rings is 1. The topological polar surface area (TPSA) is 0 Å². The average molecular weight is 270 g/mol. The third-order valence-electron chi connectivity index (χ3n) is 4.24. The number of hydrogen-bond donors (Lipinski definition) is 0. The van der Waals surface area contributed by atoms with Crippen molar-refractivity contribution in [2.75, 3.05) is 0 Å². The number of hydrogen-bond acceptors (Lipinski definition) is 0. The van der Waals surface area contributed by atoms with E-state index in [9.17, 15) is 0 Å². The van der Waals surface area contributed by atoms with Crippen molar-refractivity contribution in [3.8, 4) is 0 Å². The molecule has 0 heterocycles. The molecule has 1 heteroatoms. The van der Waals surface area contributed by atoms with Gasteiger partial charge in [0.25, 0.3) is 0 Å². The largest absolute Gasteiger partial charge is 0.0780 e. The van der Waals surface area contributed by atoms with Gasteiger partial charge in [-0.05, 0) is 55.4 Å². The lowest BCUT2D eigenvalue weighted by atomic mass is 9.95. The van der Waals surface area contributed by atoms with Gasteiger partial charge in [-0.1, -0.05) is 55.2 Å². The molecule has 1 aromatic carbocycles. The lowest BCUT2D eigenvalue weighted by Crippen LogP contribution is -2.22.